The fraction of sp³-hybridized carbons (Fsp3) is 0.304. The molecule has 0 atom stereocenters. The van der Waals surface area contributed by atoms with Gasteiger partial charge >= 0.3 is 0 Å². The molecule has 1 aromatic heterocycles. The molecule has 1 aliphatic heterocycles. The molecule has 2 aromatic carbocycles. The van der Waals surface area contributed by atoms with E-state index in [2.05, 4.69) is 27.5 Å². The third-order valence-electron chi connectivity index (χ3n) is 5.36. The minimum absolute atomic E-state index is 0. The lowest BCUT2D eigenvalue weighted by Crippen LogP contribution is -3.00. The molecule has 29 heavy (non-hydrogen) atoms. The lowest BCUT2D eigenvalue weighted by atomic mass is 10.1. The molecule has 0 saturated carbocycles. The third kappa shape index (κ3) is 4.58. The van der Waals surface area contributed by atoms with Gasteiger partial charge in [-0.3, -0.25) is 4.79 Å². The van der Waals surface area contributed by atoms with Crippen molar-refractivity contribution < 1.29 is 35.5 Å². The van der Waals surface area contributed by atoms with E-state index in [0.717, 1.165) is 42.8 Å². The summed E-state index contributed by atoms with van der Waals surface area (Å²) in [6, 6.07) is 13.8. The number of carbonyl (C=O) groups excluding carboxylic acids is 1. The van der Waals surface area contributed by atoms with Gasteiger partial charge in [0.25, 0.3) is 5.82 Å². The van der Waals surface area contributed by atoms with Gasteiger partial charge < -0.3 is 21.7 Å². The van der Waals surface area contributed by atoms with Gasteiger partial charge in [0.05, 0.1) is 13.7 Å². The number of aromatic nitrogens is 2. The van der Waals surface area contributed by atoms with Crippen LogP contribution in [0.1, 0.15) is 35.4 Å². The van der Waals surface area contributed by atoms with Gasteiger partial charge in [0.1, 0.15) is 17.8 Å². The van der Waals surface area contributed by atoms with E-state index in [4.69, 9.17) is 4.74 Å². The summed E-state index contributed by atoms with van der Waals surface area (Å²) in [5.41, 5.74) is 2.76. The summed E-state index contributed by atoms with van der Waals surface area (Å²) in [4.78, 5) is 12.8. The fourth-order valence-electron chi connectivity index (χ4n) is 3.85. The van der Waals surface area contributed by atoms with Gasteiger partial charge in [0.15, 0.2) is 12.2 Å². The summed E-state index contributed by atoms with van der Waals surface area (Å²) in [7, 11) is 1.66. The Balaban J connectivity index is 0.00000240. The predicted octanol–water partition coefficient (Wildman–Crippen LogP) is 1.20. The quantitative estimate of drug-likeness (QED) is 0.425. The molecule has 0 fully saturated rings. The van der Waals surface area contributed by atoms with E-state index in [0.29, 0.717) is 5.56 Å². The number of hydrogen-bond acceptors (Lipinski definition) is 2. The number of rotatable bonds is 5. The summed E-state index contributed by atoms with van der Waals surface area (Å²) in [5, 5.41) is 0. The molecule has 0 spiro atoms. The van der Waals surface area contributed by atoms with Gasteiger partial charge in [-0.2, -0.15) is 0 Å². The molecule has 4 rings (SSSR count). The van der Waals surface area contributed by atoms with E-state index in [1.54, 1.807) is 19.2 Å². The Labute approximate surface area is 180 Å². The van der Waals surface area contributed by atoms with Crippen molar-refractivity contribution in [1.82, 2.24) is 4.57 Å². The van der Waals surface area contributed by atoms with E-state index in [1.165, 1.54) is 24.4 Å². The standard InChI is InChI=1S/C23H24FN2O2.BrH/c1-28-20-12-8-17(9-13-20)21-15-25(23-5-3-2-4-14-26(21)23)16-22(27)18-6-10-19(24)11-7-18;/h6-13,15H,2-5,14,16H2,1H3;1H/q+1;/p-1. The second kappa shape index (κ2) is 9.35. The van der Waals surface area contributed by atoms with Crippen molar-refractivity contribution >= 4 is 5.78 Å². The van der Waals surface area contributed by atoms with Crippen LogP contribution in [0, 0.1) is 5.82 Å². The zero-order valence-corrected chi connectivity index (χ0v) is 18.0. The monoisotopic (exact) mass is 458 g/mol. The van der Waals surface area contributed by atoms with E-state index in [-0.39, 0.29) is 35.1 Å². The normalized spacial score (nSPS) is 13.2. The van der Waals surface area contributed by atoms with Crippen LogP contribution in [-0.4, -0.2) is 17.5 Å². The van der Waals surface area contributed by atoms with Crippen LogP contribution in [-0.2, 0) is 19.5 Å². The maximum atomic E-state index is 13.2. The van der Waals surface area contributed by atoms with Crippen LogP contribution in [0.2, 0.25) is 0 Å². The predicted molar refractivity (Wildman–Crippen MR) is 105 cm³/mol. The summed E-state index contributed by atoms with van der Waals surface area (Å²) in [6.07, 6.45) is 6.47. The van der Waals surface area contributed by atoms with Crippen LogP contribution >= 0.6 is 0 Å². The Kier molecular flexibility index (Phi) is 6.85. The maximum Gasteiger partial charge on any atom is 0.257 e. The molecular weight excluding hydrogens is 435 g/mol. The van der Waals surface area contributed by atoms with Gasteiger partial charge in [-0.05, 0) is 67.8 Å². The van der Waals surface area contributed by atoms with Crippen LogP contribution in [0.3, 0.4) is 0 Å². The minimum atomic E-state index is -0.330. The molecule has 0 N–H and O–H groups in total. The lowest BCUT2D eigenvalue weighted by Gasteiger charge is -2.04. The molecular formula is C23H24BrFN2O2. The number of ether oxygens (including phenoxy) is 1. The Bertz CT molecular complexity index is 981. The van der Waals surface area contributed by atoms with Crippen molar-refractivity contribution in [2.75, 3.05) is 7.11 Å². The summed E-state index contributed by atoms with van der Waals surface area (Å²) in [5.74, 6) is 1.66. The first-order valence-electron chi connectivity index (χ1n) is 9.71. The maximum absolute atomic E-state index is 13.2. The zero-order chi connectivity index (χ0) is 19.5. The number of ketones is 1. The highest BCUT2D eigenvalue weighted by Gasteiger charge is 2.27. The number of imidazole rings is 1. The lowest BCUT2D eigenvalue weighted by molar-refractivity contribution is -0.690. The van der Waals surface area contributed by atoms with Crippen LogP contribution in [0.15, 0.2) is 54.7 Å². The van der Waals surface area contributed by atoms with Crippen molar-refractivity contribution in [1.29, 1.82) is 0 Å². The van der Waals surface area contributed by atoms with Crippen molar-refractivity contribution in [2.45, 2.75) is 38.8 Å². The van der Waals surface area contributed by atoms with Crippen LogP contribution < -0.4 is 26.3 Å². The average Bonchev–Trinajstić information content (AvgIpc) is 2.89. The molecule has 0 unspecified atom stereocenters. The van der Waals surface area contributed by atoms with E-state index < -0.39 is 0 Å². The first-order chi connectivity index (χ1) is 13.7. The van der Waals surface area contributed by atoms with E-state index in [1.807, 2.05) is 12.1 Å². The van der Waals surface area contributed by atoms with Crippen LogP contribution in [0.4, 0.5) is 4.39 Å². The molecule has 3 aromatic rings. The van der Waals surface area contributed by atoms with Crippen LogP contribution in [0.25, 0.3) is 11.3 Å². The summed E-state index contributed by atoms with van der Waals surface area (Å²) in [6.45, 7) is 1.21. The highest BCUT2D eigenvalue weighted by molar-refractivity contribution is 5.95. The first kappa shape index (κ1) is 21.2. The Morgan fingerprint density at radius 3 is 2.48 bits per heavy atom. The van der Waals surface area contributed by atoms with Crippen molar-refractivity contribution in [3.63, 3.8) is 0 Å². The molecule has 0 amide bonds. The number of methoxy groups -OCH3 is 1. The van der Waals surface area contributed by atoms with Crippen molar-refractivity contribution in [3.8, 4) is 17.0 Å². The highest BCUT2D eigenvalue weighted by Crippen LogP contribution is 2.26. The second-order valence-electron chi connectivity index (χ2n) is 7.18. The number of benzene rings is 2. The topological polar surface area (TPSA) is 35.1 Å². The third-order valence-corrected chi connectivity index (χ3v) is 5.36. The van der Waals surface area contributed by atoms with Crippen LogP contribution in [0.5, 0.6) is 5.75 Å². The van der Waals surface area contributed by atoms with Crippen molar-refractivity contribution in [2.24, 2.45) is 0 Å². The zero-order valence-electron chi connectivity index (χ0n) is 16.4. The Morgan fingerprint density at radius 2 is 1.79 bits per heavy atom. The highest BCUT2D eigenvalue weighted by atomic mass is 79.9. The molecule has 0 radical (unpaired) electrons. The molecule has 0 aliphatic carbocycles. The summed E-state index contributed by atoms with van der Waals surface area (Å²) >= 11 is 0. The van der Waals surface area contributed by atoms with Gasteiger partial charge in [0, 0.05) is 17.5 Å². The molecule has 1 aliphatic rings. The Morgan fingerprint density at radius 1 is 1.07 bits per heavy atom. The molecule has 0 bridgehead atoms. The molecule has 6 heteroatoms. The number of nitrogens with zero attached hydrogens (tertiary/aromatic N) is 2. The van der Waals surface area contributed by atoms with Gasteiger partial charge in [-0.15, -0.1) is 0 Å². The van der Waals surface area contributed by atoms with E-state index >= 15 is 0 Å². The molecule has 4 nitrogen and oxygen atoms in total. The number of hydrogen-bond donors (Lipinski definition) is 0. The van der Waals surface area contributed by atoms with Gasteiger partial charge in [0.2, 0.25) is 5.78 Å². The van der Waals surface area contributed by atoms with E-state index in [9.17, 15) is 9.18 Å². The smallest absolute Gasteiger partial charge is 0.257 e. The first-order valence-corrected chi connectivity index (χ1v) is 9.71. The largest absolute Gasteiger partial charge is 1.00 e. The average molecular weight is 459 g/mol. The van der Waals surface area contributed by atoms with Gasteiger partial charge in [-0.1, -0.05) is 0 Å². The number of carbonyl (C=O) groups is 1. The second-order valence-corrected chi connectivity index (χ2v) is 7.18. The number of halogens is 2. The number of Topliss-reactive ketones (excluding diaryl/α,β-unsaturated/α-hetero) is 1. The molecule has 2 heterocycles. The van der Waals surface area contributed by atoms with Gasteiger partial charge in [-0.25, -0.2) is 13.5 Å². The SMILES string of the molecule is COc1ccc(-c2c[n+](CC(=O)c3ccc(F)cc3)c3n2CCCCC3)cc1.[Br-]. The summed E-state index contributed by atoms with van der Waals surface area (Å²) < 4.78 is 22.8. The molecule has 152 valence electrons. The minimum Gasteiger partial charge on any atom is -1.00 e. The Hall–Kier alpha value is -2.47. The number of fused-ring (bicyclic) bond motifs is 1. The fourth-order valence-corrected chi connectivity index (χ4v) is 3.85. The van der Waals surface area contributed by atoms with Crippen molar-refractivity contribution in [3.05, 3.63) is 71.9 Å². The molecule has 0 saturated heterocycles.